The van der Waals surface area contributed by atoms with Gasteiger partial charge in [-0.2, -0.15) is 0 Å². The average molecular weight is 270 g/mol. The number of hydrogen-bond acceptors (Lipinski definition) is 5. The van der Waals surface area contributed by atoms with Gasteiger partial charge in [0.05, 0.1) is 11.5 Å². The van der Waals surface area contributed by atoms with Crippen LogP contribution in [0.1, 0.15) is 31.1 Å². The zero-order valence-corrected chi connectivity index (χ0v) is 10.9. The van der Waals surface area contributed by atoms with Crippen molar-refractivity contribution in [2.45, 2.75) is 26.8 Å². The van der Waals surface area contributed by atoms with Crippen molar-refractivity contribution in [1.82, 2.24) is 0 Å². The molecule has 1 aromatic rings. The molecule has 0 aliphatic carbocycles. The van der Waals surface area contributed by atoms with Crippen molar-refractivity contribution in [3.63, 3.8) is 0 Å². The van der Waals surface area contributed by atoms with E-state index in [1.54, 1.807) is 13.8 Å². The lowest BCUT2D eigenvalue weighted by Crippen LogP contribution is -2.16. The van der Waals surface area contributed by atoms with E-state index in [0.29, 0.717) is 0 Å². The van der Waals surface area contributed by atoms with E-state index >= 15 is 0 Å². The van der Waals surface area contributed by atoms with E-state index in [-0.39, 0.29) is 18.3 Å². The van der Waals surface area contributed by atoms with Gasteiger partial charge >= 0.3 is 11.7 Å². The van der Waals surface area contributed by atoms with Crippen LogP contribution in [0.2, 0.25) is 0 Å². The first-order chi connectivity index (χ1) is 8.88. The fourth-order valence-electron chi connectivity index (χ4n) is 1.58. The predicted octanol–water partition coefficient (Wildman–Crippen LogP) is 2.73. The summed E-state index contributed by atoms with van der Waals surface area (Å²) in [5, 5.41) is 13.9. The van der Waals surface area contributed by atoms with E-state index in [4.69, 9.17) is 0 Å². The summed E-state index contributed by atoms with van der Waals surface area (Å²) in [5.41, 5.74) is -1.17. The van der Waals surface area contributed by atoms with E-state index < -0.39 is 28.0 Å². The molecule has 0 spiro atoms. The van der Waals surface area contributed by atoms with Crippen LogP contribution in [-0.2, 0) is 4.74 Å². The molecule has 0 heterocycles. The first-order valence-corrected chi connectivity index (χ1v) is 5.79. The maximum absolute atomic E-state index is 13.7. The molecule has 0 saturated carbocycles. The van der Waals surface area contributed by atoms with Crippen LogP contribution in [0, 0.1) is 15.9 Å². The molecule has 0 saturated heterocycles. The van der Waals surface area contributed by atoms with Gasteiger partial charge in [0.25, 0.3) is 0 Å². The number of nitro groups is 1. The van der Waals surface area contributed by atoms with Gasteiger partial charge in [0, 0.05) is 6.04 Å². The molecule has 0 amide bonds. The molecule has 6 nitrogen and oxygen atoms in total. The van der Waals surface area contributed by atoms with Crippen molar-refractivity contribution in [2.24, 2.45) is 0 Å². The highest BCUT2D eigenvalue weighted by atomic mass is 19.1. The SMILES string of the molecule is CCOC(=O)c1c(F)ccc(NC(C)C)c1[N+](=O)[O-]. The fourth-order valence-corrected chi connectivity index (χ4v) is 1.58. The standard InChI is InChI=1S/C12H15FN2O4/c1-4-19-12(16)10-8(13)5-6-9(14-7(2)3)11(10)15(17)18/h5-7,14H,4H2,1-3H3. The lowest BCUT2D eigenvalue weighted by molar-refractivity contribution is -0.384. The second-order valence-corrected chi connectivity index (χ2v) is 4.10. The number of nitrogens with one attached hydrogen (secondary N) is 1. The molecule has 0 fully saturated rings. The minimum Gasteiger partial charge on any atom is -0.462 e. The van der Waals surface area contributed by atoms with Crippen molar-refractivity contribution in [3.8, 4) is 0 Å². The summed E-state index contributed by atoms with van der Waals surface area (Å²) in [4.78, 5) is 21.9. The third-order valence-corrected chi connectivity index (χ3v) is 2.23. The highest BCUT2D eigenvalue weighted by molar-refractivity contribution is 5.97. The highest BCUT2D eigenvalue weighted by Gasteiger charge is 2.30. The summed E-state index contributed by atoms with van der Waals surface area (Å²) in [6.07, 6.45) is 0. The molecule has 0 unspecified atom stereocenters. The molecule has 104 valence electrons. The van der Waals surface area contributed by atoms with Crippen LogP contribution in [0.25, 0.3) is 0 Å². The van der Waals surface area contributed by atoms with Crippen molar-refractivity contribution >= 4 is 17.3 Å². The highest BCUT2D eigenvalue weighted by Crippen LogP contribution is 2.31. The van der Waals surface area contributed by atoms with Crippen LogP contribution in [0.3, 0.4) is 0 Å². The molecule has 19 heavy (non-hydrogen) atoms. The monoisotopic (exact) mass is 270 g/mol. The van der Waals surface area contributed by atoms with Crippen LogP contribution in [-0.4, -0.2) is 23.5 Å². The molecule has 0 aromatic heterocycles. The van der Waals surface area contributed by atoms with Gasteiger partial charge in [0.1, 0.15) is 11.5 Å². The molecule has 0 radical (unpaired) electrons. The number of nitro benzene ring substituents is 1. The van der Waals surface area contributed by atoms with Gasteiger partial charge < -0.3 is 10.1 Å². The molecule has 1 rings (SSSR count). The maximum atomic E-state index is 13.7. The molecular weight excluding hydrogens is 255 g/mol. The predicted molar refractivity (Wildman–Crippen MR) is 67.8 cm³/mol. The quantitative estimate of drug-likeness (QED) is 0.505. The number of carbonyl (C=O) groups is 1. The largest absolute Gasteiger partial charge is 0.462 e. The second-order valence-electron chi connectivity index (χ2n) is 4.10. The smallest absolute Gasteiger partial charge is 0.348 e. The average Bonchev–Trinajstić information content (AvgIpc) is 2.30. The lowest BCUT2D eigenvalue weighted by atomic mass is 10.1. The summed E-state index contributed by atoms with van der Waals surface area (Å²) < 4.78 is 18.3. The van der Waals surface area contributed by atoms with Gasteiger partial charge in [-0.25, -0.2) is 9.18 Å². The van der Waals surface area contributed by atoms with Gasteiger partial charge in [-0.05, 0) is 32.9 Å². The molecule has 0 aliphatic rings. The molecule has 0 atom stereocenters. The van der Waals surface area contributed by atoms with Crippen molar-refractivity contribution in [3.05, 3.63) is 33.6 Å². The molecule has 7 heteroatoms. The Morgan fingerprint density at radius 2 is 2.16 bits per heavy atom. The maximum Gasteiger partial charge on any atom is 0.348 e. The van der Waals surface area contributed by atoms with Crippen LogP contribution < -0.4 is 5.32 Å². The minimum atomic E-state index is -1.04. The fraction of sp³-hybridized carbons (Fsp3) is 0.417. The number of esters is 1. The van der Waals surface area contributed by atoms with Gasteiger partial charge in [0.2, 0.25) is 0 Å². The Kier molecular flexibility index (Phi) is 4.80. The Hall–Kier alpha value is -2.18. The van der Waals surface area contributed by atoms with E-state index in [9.17, 15) is 19.3 Å². The Morgan fingerprint density at radius 1 is 1.53 bits per heavy atom. The van der Waals surface area contributed by atoms with E-state index in [2.05, 4.69) is 10.1 Å². The number of halogens is 1. The third kappa shape index (κ3) is 3.40. The summed E-state index contributed by atoms with van der Waals surface area (Å²) in [7, 11) is 0. The Labute approximate surface area is 109 Å². The van der Waals surface area contributed by atoms with Crippen LogP contribution in [0.5, 0.6) is 0 Å². The summed E-state index contributed by atoms with van der Waals surface area (Å²) in [6.45, 7) is 5.10. The van der Waals surface area contributed by atoms with Crippen molar-refractivity contribution in [1.29, 1.82) is 0 Å². The van der Waals surface area contributed by atoms with Crippen molar-refractivity contribution in [2.75, 3.05) is 11.9 Å². The number of nitrogens with zero attached hydrogens (tertiary/aromatic N) is 1. The van der Waals surface area contributed by atoms with Crippen LogP contribution in [0.15, 0.2) is 12.1 Å². The molecule has 1 N–H and O–H groups in total. The van der Waals surface area contributed by atoms with Gasteiger partial charge in [0.15, 0.2) is 5.56 Å². The Bertz CT molecular complexity index is 503. The summed E-state index contributed by atoms with van der Waals surface area (Å²) >= 11 is 0. The van der Waals surface area contributed by atoms with Crippen molar-refractivity contribution < 1.29 is 18.8 Å². The summed E-state index contributed by atoms with van der Waals surface area (Å²) in [6, 6.07) is 2.14. The number of hydrogen-bond donors (Lipinski definition) is 1. The first kappa shape index (κ1) is 14.9. The van der Waals surface area contributed by atoms with E-state index in [1.807, 2.05) is 0 Å². The third-order valence-electron chi connectivity index (χ3n) is 2.23. The van der Waals surface area contributed by atoms with Gasteiger partial charge in [-0.1, -0.05) is 0 Å². The zero-order chi connectivity index (χ0) is 14.6. The van der Waals surface area contributed by atoms with Crippen LogP contribution in [0.4, 0.5) is 15.8 Å². The van der Waals surface area contributed by atoms with E-state index in [0.717, 1.165) is 6.07 Å². The normalized spacial score (nSPS) is 10.4. The summed E-state index contributed by atoms with van der Waals surface area (Å²) in [5.74, 6) is -2.02. The Morgan fingerprint density at radius 3 is 2.63 bits per heavy atom. The molecule has 0 aliphatic heterocycles. The first-order valence-electron chi connectivity index (χ1n) is 5.79. The second kappa shape index (κ2) is 6.12. The number of ether oxygens (including phenoxy) is 1. The molecule has 1 aromatic carbocycles. The van der Waals surface area contributed by atoms with E-state index in [1.165, 1.54) is 13.0 Å². The Balaban J connectivity index is 3.41. The zero-order valence-electron chi connectivity index (χ0n) is 10.9. The number of anilines is 1. The number of carbonyl (C=O) groups excluding carboxylic acids is 1. The van der Waals surface area contributed by atoms with Gasteiger partial charge in [-0.15, -0.1) is 0 Å². The topological polar surface area (TPSA) is 81.5 Å². The van der Waals surface area contributed by atoms with Gasteiger partial charge in [-0.3, -0.25) is 10.1 Å². The number of rotatable bonds is 5. The molecular formula is C12H15FN2O4. The lowest BCUT2D eigenvalue weighted by Gasteiger charge is -2.12. The number of benzene rings is 1. The molecule has 0 bridgehead atoms. The van der Waals surface area contributed by atoms with Crippen LogP contribution >= 0.6 is 0 Å². The minimum absolute atomic E-state index is 0.0112.